The van der Waals surface area contributed by atoms with E-state index in [0.717, 1.165) is 94.0 Å². The van der Waals surface area contributed by atoms with E-state index in [1.165, 1.54) is 4.70 Å². The van der Waals surface area contributed by atoms with E-state index in [4.69, 9.17) is 29.7 Å². The van der Waals surface area contributed by atoms with E-state index < -0.39 is 5.41 Å². The highest BCUT2D eigenvalue weighted by molar-refractivity contribution is 7.26. The van der Waals surface area contributed by atoms with Crippen LogP contribution in [-0.2, 0) is 5.41 Å². The van der Waals surface area contributed by atoms with Gasteiger partial charge in [0, 0.05) is 49.0 Å². The third-order valence-electron chi connectivity index (χ3n) is 12.4. The first-order valence-corrected chi connectivity index (χ1v) is 21.8. The number of rotatable bonds is 5. The highest BCUT2D eigenvalue weighted by Crippen LogP contribution is 2.62. The van der Waals surface area contributed by atoms with Crippen molar-refractivity contribution >= 4 is 31.6 Å². The van der Waals surface area contributed by atoms with E-state index in [2.05, 4.69) is 121 Å². The Balaban J connectivity index is 1.07. The Hall–Kier alpha value is -8.13. The first-order valence-electron chi connectivity index (χ1n) is 21.0. The number of aromatic nitrogens is 5. The fourth-order valence-electron chi connectivity index (χ4n) is 9.63. The summed E-state index contributed by atoms with van der Waals surface area (Å²) in [7, 11) is 0. The molecule has 0 fully saturated rings. The van der Waals surface area contributed by atoms with E-state index in [-0.39, 0.29) is 0 Å². The maximum Gasteiger partial charge on any atom is 0.164 e. The molecule has 13 rings (SSSR count). The van der Waals surface area contributed by atoms with Crippen LogP contribution in [-0.4, -0.2) is 24.9 Å². The van der Waals surface area contributed by atoms with Gasteiger partial charge in [-0.2, -0.15) is 0 Å². The van der Waals surface area contributed by atoms with Crippen LogP contribution in [0.3, 0.4) is 0 Å². The molecule has 8 aromatic carbocycles. The van der Waals surface area contributed by atoms with Crippen molar-refractivity contribution in [1.29, 1.82) is 0 Å². The molecular weight excluding hydrogens is 791 g/mol. The van der Waals surface area contributed by atoms with Gasteiger partial charge in [0.2, 0.25) is 0 Å². The topological polar surface area (TPSA) is 73.7 Å². The lowest BCUT2D eigenvalue weighted by Crippen LogP contribution is -2.32. The van der Waals surface area contributed by atoms with Crippen molar-refractivity contribution < 1.29 is 4.74 Å². The van der Waals surface area contributed by atoms with Gasteiger partial charge < -0.3 is 4.74 Å². The number of ether oxygens (including phenoxy) is 1. The molecule has 0 bridgehead atoms. The van der Waals surface area contributed by atoms with Crippen LogP contribution in [0.4, 0.5) is 0 Å². The van der Waals surface area contributed by atoms with Crippen molar-refractivity contribution in [1.82, 2.24) is 24.9 Å². The van der Waals surface area contributed by atoms with Crippen molar-refractivity contribution in [3.63, 3.8) is 0 Å². The highest BCUT2D eigenvalue weighted by Gasteiger charge is 2.51. The Bertz CT molecular complexity index is 3500. The zero-order chi connectivity index (χ0) is 41.5. The summed E-state index contributed by atoms with van der Waals surface area (Å²) in [5.74, 6) is 4.18. The summed E-state index contributed by atoms with van der Waals surface area (Å²) in [6.07, 6.45) is 0. The maximum atomic E-state index is 6.70. The zero-order valence-corrected chi connectivity index (χ0v) is 34.4. The molecule has 11 aromatic rings. The summed E-state index contributed by atoms with van der Waals surface area (Å²) in [6.45, 7) is 0. The lowest BCUT2D eigenvalue weighted by molar-refractivity contribution is 0.436. The minimum absolute atomic E-state index is 0.601. The molecule has 63 heavy (non-hydrogen) atoms. The number of benzene rings is 8. The molecule has 0 radical (unpaired) electrons. The molecule has 1 aliphatic carbocycles. The van der Waals surface area contributed by atoms with Gasteiger partial charge in [0.1, 0.15) is 11.5 Å². The SMILES string of the molecule is c1ccc(-c2nc(-c3ccccc3)nc(-c3ccc4c(c3)C3(c5ccccc5Oc5ccccc53)c3ccc(-c5nc(-c6ccccc6)c6sc7ccccc7c6n5)cc3-4)n2)cc1. The summed E-state index contributed by atoms with van der Waals surface area (Å²) in [5.41, 5.74) is 12.6. The molecule has 4 heterocycles. The largest absolute Gasteiger partial charge is 0.457 e. The lowest BCUT2D eigenvalue weighted by atomic mass is 9.66. The number of fused-ring (bicyclic) bond motifs is 12. The molecule has 0 saturated heterocycles. The third kappa shape index (κ3) is 5.46. The molecule has 2 aliphatic rings. The molecule has 3 aromatic heterocycles. The Morgan fingerprint density at radius 2 is 0.889 bits per heavy atom. The fourth-order valence-corrected chi connectivity index (χ4v) is 10.8. The van der Waals surface area contributed by atoms with Crippen LogP contribution in [0.25, 0.3) is 88.2 Å². The van der Waals surface area contributed by atoms with E-state index >= 15 is 0 Å². The van der Waals surface area contributed by atoms with Gasteiger partial charge in [0.25, 0.3) is 0 Å². The number of hydrogen-bond donors (Lipinski definition) is 0. The highest BCUT2D eigenvalue weighted by atomic mass is 32.1. The number of para-hydroxylation sites is 2. The molecule has 0 atom stereocenters. The van der Waals surface area contributed by atoms with Gasteiger partial charge >= 0.3 is 0 Å². The number of thiophene rings is 1. The first kappa shape index (κ1) is 35.6. The molecular formula is C56H33N5OS. The minimum atomic E-state index is -0.717. The Morgan fingerprint density at radius 3 is 1.56 bits per heavy atom. The number of nitrogens with zero attached hydrogens (tertiary/aromatic N) is 5. The molecule has 0 saturated carbocycles. The second kappa shape index (κ2) is 14.0. The Labute approximate surface area is 366 Å². The van der Waals surface area contributed by atoms with Crippen molar-refractivity contribution in [3.8, 4) is 79.4 Å². The Morgan fingerprint density at radius 1 is 0.365 bits per heavy atom. The van der Waals surface area contributed by atoms with Crippen LogP contribution in [0.2, 0.25) is 0 Å². The summed E-state index contributed by atoms with van der Waals surface area (Å²) in [4.78, 5) is 26.0. The molecule has 1 spiro atoms. The summed E-state index contributed by atoms with van der Waals surface area (Å²) < 4.78 is 8.98. The smallest absolute Gasteiger partial charge is 0.164 e. The predicted molar refractivity (Wildman–Crippen MR) is 253 cm³/mol. The molecule has 7 heteroatoms. The molecule has 6 nitrogen and oxygen atoms in total. The van der Waals surface area contributed by atoms with Crippen LogP contribution in [0, 0.1) is 0 Å². The zero-order valence-electron chi connectivity index (χ0n) is 33.6. The Kier molecular flexibility index (Phi) is 7.89. The van der Waals surface area contributed by atoms with Crippen molar-refractivity contribution in [2.24, 2.45) is 0 Å². The predicted octanol–water partition coefficient (Wildman–Crippen LogP) is 13.8. The monoisotopic (exact) mass is 823 g/mol. The van der Waals surface area contributed by atoms with Gasteiger partial charge in [-0.25, -0.2) is 24.9 Å². The average Bonchev–Trinajstić information content (AvgIpc) is 3.87. The molecule has 294 valence electrons. The fraction of sp³-hybridized carbons (Fsp3) is 0.0179. The lowest BCUT2D eigenvalue weighted by Gasteiger charge is -2.39. The van der Waals surface area contributed by atoms with E-state index in [1.54, 1.807) is 11.3 Å². The van der Waals surface area contributed by atoms with Gasteiger partial charge in [-0.3, -0.25) is 0 Å². The summed E-state index contributed by atoms with van der Waals surface area (Å²) >= 11 is 1.75. The van der Waals surface area contributed by atoms with Gasteiger partial charge in [-0.15, -0.1) is 11.3 Å². The number of hydrogen-bond acceptors (Lipinski definition) is 7. The quantitative estimate of drug-likeness (QED) is 0.172. The second-order valence-electron chi connectivity index (χ2n) is 15.9. The summed E-state index contributed by atoms with van der Waals surface area (Å²) in [6, 6.07) is 69.5. The first-order chi connectivity index (χ1) is 31.2. The normalized spacial score (nSPS) is 13.0. The van der Waals surface area contributed by atoms with Gasteiger partial charge in [-0.05, 0) is 52.6 Å². The van der Waals surface area contributed by atoms with Gasteiger partial charge in [0.05, 0.1) is 21.3 Å². The standard InChI is InChI=1S/C56H33N5OS/c1-4-16-34(17-5-1)49-51-50(40-22-10-15-27-48(40)63-51)58-54(57-49)37-29-31-42-41(32-37)39-30-28-38(33-45(39)56(42)43-23-11-13-25-46(43)62-47-26-14-12-24-44(47)56)55-60-52(35-18-6-2-7-19-35)59-53(61-55)36-20-8-3-9-21-36/h1-33H. The van der Waals surface area contributed by atoms with E-state index in [0.29, 0.717) is 23.3 Å². The van der Waals surface area contributed by atoms with Crippen molar-refractivity contribution in [2.45, 2.75) is 5.41 Å². The maximum absolute atomic E-state index is 6.70. The van der Waals surface area contributed by atoms with Crippen LogP contribution in [0.5, 0.6) is 11.5 Å². The van der Waals surface area contributed by atoms with Crippen LogP contribution in [0.1, 0.15) is 22.3 Å². The minimum Gasteiger partial charge on any atom is -0.457 e. The summed E-state index contributed by atoms with van der Waals surface area (Å²) in [5, 5.41) is 1.14. The second-order valence-corrected chi connectivity index (χ2v) is 17.0. The van der Waals surface area contributed by atoms with Crippen molar-refractivity contribution in [3.05, 3.63) is 222 Å². The van der Waals surface area contributed by atoms with Crippen LogP contribution < -0.4 is 4.74 Å². The molecule has 0 amide bonds. The van der Waals surface area contributed by atoms with Crippen molar-refractivity contribution in [2.75, 3.05) is 0 Å². The van der Waals surface area contributed by atoms with Gasteiger partial charge in [-0.1, -0.05) is 170 Å². The van der Waals surface area contributed by atoms with Gasteiger partial charge in [0.15, 0.2) is 23.3 Å². The van der Waals surface area contributed by atoms with E-state index in [9.17, 15) is 0 Å². The van der Waals surface area contributed by atoms with E-state index in [1.807, 2.05) is 78.9 Å². The average molecular weight is 824 g/mol. The third-order valence-corrected chi connectivity index (χ3v) is 13.6. The molecule has 0 unspecified atom stereocenters. The van der Waals surface area contributed by atoms with Crippen LogP contribution in [0.15, 0.2) is 200 Å². The van der Waals surface area contributed by atoms with Crippen LogP contribution >= 0.6 is 11.3 Å². The molecule has 1 aliphatic heterocycles. The molecule has 0 N–H and O–H groups in total.